The lowest BCUT2D eigenvalue weighted by Gasteiger charge is -2.35. The number of hydrogen-bond acceptors (Lipinski definition) is 3. The van der Waals surface area contributed by atoms with E-state index in [1.165, 1.54) is 0 Å². The Labute approximate surface area is 205 Å². The van der Waals surface area contributed by atoms with Gasteiger partial charge >= 0.3 is 0 Å². The lowest BCUT2D eigenvalue weighted by atomic mass is 9.70. The standard InChI is InChI=1S/C29H32N4O2/c1-18-26(28(35)33(32(18)5)20-11-7-6-8-12-20)31-27(34)25-21-13-9-10-14-23(21)30-24-16-15-19(17-22(24)25)29(2,3)4/h6-14,19H,15-17H2,1-5H3,(H,31,34). The van der Waals surface area contributed by atoms with Gasteiger partial charge in [0.15, 0.2) is 0 Å². The number of amides is 1. The smallest absolute Gasteiger partial charge is 0.295 e. The van der Waals surface area contributed by atoms with E-state index in [1.54, 1.807) is 9.36 Å². The van der Waals surface area contributed by atoms with Gasteiger partial charge in [-0.2, -0.15) is 0 Å². The molecule has 2 aromatic carbocycles. The minimum Gasteiger partial charge on any atom is -0.316 e. The van der Waals surface area contributed by atoms with Gasteiger partial charge in [-0.05, 0) is 61.3 Å². The molecule has 35 heavy (non-hydrogen) atoms. The van der Waals surface area contributed by atoms with Crippen molar-refractivity contribution in [2.24, 2.45) is 18.4 Å². The van der Waals surface area contributed by atoms with Crippen molar-refractivity contribution in [1.29, 1.82) is 0 Å². The van der Waals surface area contributed by atoms with Crippen LogP contribution in [0.25, 0.3) is 16.6 Å². The molecule has 0 aliphatic heterocycles. The van der Waals surface area contributed by atoms with Gasteiger partial charge in [0, 0.05) is 18.1 Å². The topological polar surface area (TPSA) is 68.9 Å². The first-order chi connectivity index (χ1) is 16.7. The van der Waals surface area contributed by atoms with E-state index < -0.39 is 0 Å². The maximum absolute atomic E-state index is 13.9. The van der Waals surface area contributed by atoms with Gasteiger partial charge < -0.3 is 5.32 Å². The monoisotopic (exact) mass is 468 g/mol. The first-order valence-corrected chi connectivity index (χ1v) is 12.2. The van der Waals surface area contributed by atoms with Crippen molar-refractivity contribution in [3.05, 3.63) is 87.5 Å². The van der Waals surface area contributed by atoms with Crippen LogP contribution < -0.4 is 10.9 Å². The summed E-state index contributed by atoms with van der Waals surface area (Å²) >= 11 is 0. The number of rotatable bonds is 3. The van der Waals surface area contributed by atoms with Crippen molar-refractivity contribution >= 4 is 22.5 Å². The third-order valence-corrected chi connectivity index (χ3v) is 7.50. The Balaban J connectivity index is 1.62. The number of nitrogens with zero attached hydrogens (tertiary/aromatic N) is 3. The van der Waals surface area contributed by atoms with E-state index in [2.05, 4.69) is 26.1 Å². The Morgan fingerprint density at radius 2 is 1.74 bits per heavy atom. The Morgan fingerprint density at radius 1 is 1.06 bits per heavy atom. The molecule has 4 aromatic rings. The quantitative estimate of drug-likeness (QED) is 0.436. The summed E-state index contributed by atoms with van der Waals surface area (Å²) in [7, 11) is 1.83. The van der Waals surface area contributed by atoms with Gasteiger partial charge in [-0.3, -0.25) is 19.3 Å². The summed E-state index contributed by atoms with van der Waals surface area (Å²) in [4.78, 5) is 32.3. The third-order valence-electron chi connectivity index (χ3n) is 7.50. The van der Waals surface area contributed by atoms with Crippen LogP contribution in [0.1, 0.15) is 54.5 Å². The Kier molecular flexibility index (Phi) is 5.62. The summed E-state index contributed by atoms with van der Waals surface area (Å²) in [6, 6.07) is 17.3. The van der Waals surface area contributed by atoms with Gasteiger partial charge in [0.25, 0.3) is 11.5 Å². The number of aromatic nitrogens is 3. The number of para-hydroxylation sites is 2. The molecule has 0 radical (unpaired) electrons. The first kappa shape index (κ1) is 23.1. The molecule has 1 unspecified atom stereocenters. The summed E-state index contributed by atoms with van der Waals surface area (Å²) in [5, 5.41) is 3.83. The van der Waals surface area contributed by atoms with Gasteiger partial charge in [-0.1, -0.05) is 57.2 Å². The van der Waals surface area contributed by atoms with Crippen LogP contribution in [0, 0.1) is 18.3 Å². The lowest BCUT2D eigenvalue weighted by molar-refractivity contribution is 0.102. The fraction of sp³-hybridized carbons (Fsp3) is 0.345. The van der Waals surface area contributed by atoms with E-state index in [4.69, 9.17) is 4.98 Å². The van der Waals surface area contributed by atoms with Crippen LogP contribution in [0.4, 0.5) is 5.69 Å². The Bertz CT molecular complexity index is 1490. The van der Waals surface area contributed by atoms with E-state index in [9.17, 15) is 9.59 Å². The second-order valence-corrected chi connectivity index (χ2v) is 10.6. The highest BCUT2D eigenvalue weighted by atomic mass is 16.2. The summed E-state index contributed by atoms with van der Waals surface area (Å²) in [6.07, 6.45) is 2.72. The average molecular weight is 469 g/mol. The number of anilines is 1. The zero-order valence-corrected chi connectivity index (χ0v) is 21.1. The number of aryl methyl sites for hydroxylation is 1. The fourth-order valence-corrected chi connectivity index (χ4v) is 5.28. The normalized spacial score (nSPS) is 15.7. The van der Waals surface area contributed by atoms with E-state index in [0.717, 1.165) is 47.1 Å². The molecule has 0 saturated heterocycles. The highest BCUT2D eigenvalue weighted by Gasteiger charge is 2.33. The number of hydrogen-bond donors (Lipinski definition) is 1. The molecule has 0 spiro atoms. The van der Waals surface area contributed by atoms with Crippen molar-refractivity contribution in [3.63, 3.8) is 0 Å². The molecular formula is C29H32N4O2. The van der Waals surface area contributed by atoms with Gasteiger partial charge in [0.2, 0.25) is 0 Å². The number of pyridine rings is 1. The number of carbonyl (C=O) groups is 1. The van der Waals surface area contributed by atoms with E-state index in [1.807, 2.05) is 68.6 Å². The molecule has 180 valence electrons. The van der Waals surface area contributed by atoms with Crippen LogP contribution in [-0.4, -0.2) is 20.3 Å². The van der Waals surface area contributed by atoms with Crippen LogP contribution in [0.15, 0.2) is 59.4 Å². The molecule has 6 heteroatoms. The van der Waals surface area contributed by atoms with E-state index >= 15 is 0 Å². The maximum Gasteiger partial charge on any atom is 0.295 e. The van der Waals surface area contributed by atoms with Crippen LogP contribution >= 0.6 is 0 Å². The molecule has 2 aromatic heterocycles. The summed E-state index contributed by atoms with van der Waals surface area (Å²) in [5.74, 6) is 0.207. The first-order valence-electron chi connectivity index (χ1n) is 12.2. The van der Waals surface area contributed by atoms with Crippen LogP contribution in [-0.2, 0) is 19.9 Å². The Hall–Kier alpha value is -3.67. The molecule has 1 amide bonds. The predicted molar refractivity (Wildman–Crippen MR) is 140 cm³/mol. The van der Waals surface area contributed by atoms with Crippen molar-refractivity contribution in [2.75, 3.05) is 5.32 Å². The summed E-state index contributed by atoms with van der Waals surface area (Å²) < 4.78 is 3.36. The molecule has 0 fully saturated rings. The van der Waals surface area contributed by atoms with Crippen LogP contribution in [0.2, 0.25) is 0 Å². The van der Waals surface area contributed by atoms with Gasteiger partial charge in [-0.15, -0.1) is 0 Å². The average Bonchev–Trinajstić information content (AvgIpc) is 3.05. The number of fused-ring (bicyclic) bond motifs is 2. The SMILES string of the molecule is Cc1c(NC(=O)c2c3c(nc4ccccc24)CCC(C(C)(C)C)C3)c(=O)n(-c2ccccc2)n1C. The van der Waals surface area contributed by atoms with Gasteiger partial charge in [-0.25, -0.2) is 4.68 Å². The largest absolute Gasteiger partial charge is 0.316 e. The second kappa shape index (κ2) is 8.52. The van der Waals surface area contributed by atoms with Crippen molar-refractivity contribution in [1.82, 2.24) is 14.3 Å². The minimum absolute atomic E-state index is 0.135. The summed E-state index contributed by atoms with van der Waals surface area (Å²) in [6.45, 7) is 8.63. The van der Waals surface area contributed by atoms with Crippen molar-refractivity contribution in [2.45, 2.75) is 47.0 Å². The lowest BCUT2D eigenvalue weighted by Crippen LogP contribution is -2.30. The molecule has 6 nitrogen and oxygen atoms in total. The molecule has 5 rings (SSSR count). The number of carbonyl (C=O) groups excluding carboxylic acids is 1. The van der Waals surface area contributed by atoms with Gasteiger partial charge in [0.1, 0.15) is 5.69 Å². The fourth-order valence-electron chi connectivity index (χ4n) is 5.28. The summed E-state index contributed by atoms with van der Waals surface area (Å²) in [5.41, 5.74) is 5.13. The molecule has 0 saturated carbocycles. The van der Waals surface area contributed by atoms with Crippen LogP contribution in [0.3, 0.4) is 0 Å². The second-order valence-electron chi connectivity index (χ2n) is 10.6. The van der Waals surface area contributed by atoms with Crippen LogP contribution in [0.5, 0.6) is 0 Å². The molecular weight excluding hydrogens is 436 g/mol. The third kappa shape index (κ3) is 3.97. The van der Waals surface area contributed by atoms with Crippen molar-refractivity contribution < 1.29 is 4.79 Å². The molecule has 2 heterocycles. The van der Waals surface area contributed by atoms with Gasteiger partial charge in [0.05, 0.1) is 22.5 Å². The number of nitrogens with one attached hydrogen (secondary N) is 1. The highest BCUT2D eigenvalue weighted by Crippen LogP contribution is 2.39. The zero-order valence-electron chi connectivity index (χ0n) is 21.1. The number of benzene rings is 2. The molecule has 1 aliphatic rings. The van der Waals surface area contributed by atoms with Crippen molar-refractivity contribution in [3.8, 4) is 5.69 Å². The zero-order chi connectivity index (χ0) is 24.9. The molecule has 1 aliphatic carbocycles. The Morgan fingerprint density at radius 3 is 2.46 bits per heavy atom. The molecule has 1 atom stereocenters. The molecule has 0 bridgehead atoms. The van der Waals surface area contributed by atoms with E-state index in [0.29, 0.717) is 22.9 Å². The molecule has 1 N–H and O–H groups in total. The van der Waals surface area contributed by atoms with E-state index in [-0.39, 0.29) is 16.9 Å². The highest BCUT2D eigenvalue weighted by molar-refractivity contribution is 6.13. The predicted octanol–water partition coefficient (Wildman–Crippen LogP) is 5.44. The minimum atomic E-state index is -0.250. The maximum atomic E-state index is 13.9.